The first-order valence-electron chi connectivity index (χ1n) is 12.0. The van der Waals surface area contributed by atoms with E-state index in [0.717, 1.165) is 23.0 Å². The number of amides is 2. The van der Waals surface area contributed by atoms with Crippen LogP contribution < -0.4 is 11.1 Å². The monoisotopic (exact) mass is 630 g/mol. The summed E-state index contributed by atoms with van der Waals surface area (Å²) in [6.07, 6.45) is -21.1. The third-order valence-electron chi connectivity index (χ3n) is 6.93. The zero-order chi connectivity index (χ0) is 32.3. The van der Waals surface area contributed by atoms with Crippen LogP contribution in [0.15, 0.2) is 30.6 Å². The third kappa shape index (κ3) is 5.76. The van der Waals surface area contributed by atoms with Crippen LogP contribution in [0.4, 0.5) is 49.7 Å². The second kappa shape index (κ2) is 10.5. The van der Waals surface area contributed by atoms with Crippen molar-refractivity contribution in [2.75, 3.05) is 18.8 Å². The Balaban J connectivity index is 1.57. The van der Waals surface area contributed by atoms with Crippen molar-refractivity contribution in [1.29, 1.82) is 0 Å². The summed E-state index contributed by atoms with van der Waals surface area (Å²) in [6, 6.07) is 3.02. The number of nitrogens with one attached hydrogen (secondary N) is 1. The minimum absolute atomic E-state index is 0.0398. The average molecular weight is 630 g/mol. The van der Waals surface area contributed by atoms with Crippen molar-refractivity contribution in [3.8, 4) is 11.3 Å². The van der Waals surface area contributed by atoms with Crippen LogP contribution in [0.2, 0.25) is 0 Å². The first kappa shape index (κ1) is 31.8. The molecule has 0 unspecified atom stereocenters. The lowest BCUT2D eigenvalue weighted by Gasteiger charge is -2.32. The molecule has 3 heterocycles. The summed E-state index contributed by atoms with van der Waals surface area (Å²) in [5.41, 5.74) is -1.48. The molecule has 19 heteroatoms. The van der Waals surface area contributed by atoms with Gasteiger partial charge in [0.25, 0.3) is 11.5 Å². The molecule has 9 nitrogen and oxygen atoms in total. The number of fused-ring (bicyclic) bond motifs is 1. The maximum atomic E-state index is 14.7. The summed E-state index contributed by atoms with van der Waals surface area (Å²) in [5, 5.41) is 15.3. The summed E-state index contributed by atoms with van der Waals surface area (Å²) in [7, 11) is 0. The van der Waals surface area contributed by atoms with Gasteiger partial charge in [-0.2, -0.15) is 44.6 Å². The fourth-order valence-electron chi connectivity index (χ4n) is 4.56. The number of aliphatic hydroxyl groups is 1. The molecule has 2 amide bonds. The van der Waals surface area contributed by atoms with E-state index in [-0.39, 0.29) is 22.4 Å². The number of halogens is 10. The van der Waals surface area contributed by atoms with Gasteiger partial charge < -0.3 is 21.1 Å². The number of carbonyl (C=O) groups excluding carboxylic acids is 2. The van der Waals surface area contributed by atoms with Crippen molar-refractivity contribution in [3.05, 3.63) is 47.3 Å². The smallest absolute Gasteiger partial charge is 0.382 e. The van der Waals surface area contributed by atoms with Crippen LogP contribution >= 0.6 is 0 Å². The van der Waals surface area contributed by atoms with E-state index in [2.05, 4.69) is 15.4 Å². The van der Waals surface area contributed by atoms with E-state index in [0.29, 0.717) is 4.90 Å². The summed E-state index contributed by atoms with van der Waals surface area (Å²) >= 11 is 0. The number of alkyl halides is 10. The van der Waals surface area contributed by atoms with Crippen molar-refractivity contribution in [2.24, 2.45) is 0 Å². The molecule has 1 saturated heterocycles. The van der Waals surface area contributed by atoms with Crippen LogP contribution in [0, 0.1) is 6.92 Å². The van der Waals surface area contributed by atoms with Gasteiger partial charge in [-0.15, -0.1) is 0 Å². The Kier molecular flexibility index (Phi) is 7.78. The van der Waals surface area contributed by atoms with E-state index in [1.807, 2.05) is 0 Å². The Labute approximate surface area is 234 Å². The number of aryl methyl sites for hydroxylation is 1. The predicted molar refractivity (Wildman–Crippen MR) is 127 cm³/mol. The molecular formula is C24H20F10N6O3. The van der Waals surface area contributed by atoms with E-state index in [4.69, 9.17) is 5.73 Å². The summed E-state index contributed by atoms with van der Waals surface area (Å²) < 4.78 is 134. The maximum Gasteiger partial charge on any atom is 0.426 e. The fourth-order valence-corrected chi connectivity index (χ4v) is 4.56. The summed E-state index contributed by atoms with van der Waals surface area (Å²) in [5.74, 6) is -3.34. The molecule has 1 aliphatic heterocycles. The number of anilines is 1. The number of hydrogen-bond acceptors (Lipinski definition) is 6. The zero-order valence-corrected chi connectivity index (χ0v) is 21.6. The molecule has 3 aromatic rings. The van der Waals surface area contributed by atoms with Gasteiger partial charge in [0.2, 0.25) is 5.91 Å². The third-order valence-corrected chi connectivity index (χ3v) is 6.93. The largest absolute Gasteiger partial charge is 0.426 e. The van der Waals surface area contributed by atoms with Gasteiger partial charge in [-0.1, -0.05) is 12.1 Å². The number of hydrogen-bond donors (Lipinski definition) is 3. The highest BCUT2D eigenvalue weighted by molar-refractivity contribution is 5.97. The Morgan fingerprint density at radius 2 is 1.67 bits per heavy atom. The first-order chi connectivity index (χ1) is 19.7. The quantitative estimate of drug-likeness (QED) is 0.368. The van der Waals surface area contributed by atoms with Crippen molar-refractivity contribution >= 4 is 23.1 Å². The topological polar surface area (TPSA) is 126 Å². The second-order valence-corrected chi connectivity index (χ2v) is 9.80. The molecule has 4 rings (SSSR count). The predicted octanol–water partition coefficient (Wildman–Crippen LogP) is 3.83. The number of nitrogens with two attached hydrogens (primary N) is 1. The summed E-state index contributed by atoms with van der Waals surface area (Å²) in [6.45, 7) is -0.375. The van der Waals surface area contributed by atoms with Gasteiger partial charge in [0.15, 0.2) is 5.82 Å². The molecule has 4 N–H and O–H groups in total. The molecule has 1 fully saturated rings. The van der Waals surface area contributed by atoms with E-state index >= 15 is 0 Å². The van der Waals surface area contributed by atoms with Gasteiger partial charge in [-0.25, -0.2) is 13.9 Å². The number of nitrogen functional groups attached to an aromatic ring is 1. The molecule has 2 aromatic heterocycles. The van der Waals surface area contributed by atoms with E-state index in [9.17, 15) is 58.6 Å². The molecule has 0 bridgehead atoms. The second-order valence-electron chi connectivity index (χ2n) is 9.80. The summed E-state index contributed by atoms with van der Waals surface area (Å²) in [4.78, 5) is 29.2. The molecule has 0 spiro atoms. The Bertz CT molecular complexity index is 1550. The number of carbonyl (C=O) groups is 2. The van der Waals surface area contributed by atoms with Crippen LogP contribution in [0.3, 0.4) is 0 Å². The van der Waals surface area contributed by atoms with Crippen molar-refractivity contribution in [1.82, 2.24) is 24.8 Å². The van der Waals surface area contributed by atoms with Crippen molar-refractivity contribution in [2.45, 2.75) is 49.7 Å². The fraction of sp³-hybridized carbons (Fsp3) is 0.417. The first-order valence-corrected chi connectivity index (χ1v) is 12.0. The minimum Gasteiger partial charge on any atom is -0.382 e. The van der Waals surface area contributed by atoms with Gasteiger partial charge in [0, 0.05) is 17.7 Å². The Morgan fingerprint density at radius 3 is 2.26 bits per heavy atom. The lowest BCUT2D eigenvalue weighted by molar-refractivity contribution is -0.367. The number of rotatable bonds is 5. The minimum atomic E-state index is -6.27. The van der Waals surface area contributed by atoms with Gasteiger partial charge in [0.05, 0.1) is 30.3 Å². The maximum absolute atomic E-state index is 14.7. The molecule has 234 valence electrons. The van der Waals surface area contributed by atoms with E-state index < -0.39 is 84.6 Å². The average Bonchev–Trinajstić information content (AvgIpc) is 3.45. The molecule has 0 saturated carbocycles. The highest BCUT2D eigenvalue weighted by atomic mass is 19.4. The van der Waals surface area contributed by atoms with Gasteiger partial charge in [-0.3, -0.25) is 9.59 Å². The Hall–Kier alpha value is -4.16. The number of likely N-dealkylation sites (tertiary alicyclic amines) is 1. The number of aromatic nitrogens is 3. The van der Waals surface area contributed by atoms with Crippen LogP contribution in [-0.2, 0) is 11.0 Å². The molecule has 1 aromatic carbocycles. The van der Waals surface area contributed by atoms with Crippen LogP contribution in [-0.4, -0.2) is 79.7 Å². The van der Waals surface area contributed by atoms with Crippen molar-refractivity contribution in [3.63, 3.8) is 0 Å². The SMILES string of the molecule is Cc1ccc(-c2cc(C(F)(F)F)c3c(N)ncnn23)cc1C(=O)N[C@@H]1CN(C(=O)CC(O)(C(F)(F)F)C(F)(F)F)C[C@@H]1F. The standard InChI is InChI=1S/C24H20F10N6O3/c1-10-2-3-11(16-5-13(22(26,27)28)18-19(35)36-9-37-40(16)18)4-12(10)20(42)38-15-8-39(7-14(15)25)17(41)6-21(43,23(29,30)31)24(32,33)34/h2-5,9,14-15,43H,6-8H2,1H3,(H,38,42)(H2,35,36,37)/t14-,15+/m0/s1. The van der Waals surface area contributed by atoms with Crippen molar-refractivity contribution < 1.29 is 58.6 Å². The lowest BCUT2D eigenvalue weighted by atomic mass is 9.97. The van der Waals surface area contributed by atoms with Crippen LogP contribution in [0.1, 0.15) is 27.9 Å². The van der Waals surface area contributed by atoms with Crippen LogP contribution in [0.5, 0.6) is 0 Å². The lowest BCUT2D eigenvalue weighted by Crippen LogP contribution is -2.59. The van der Waals surface area contributed by atoms with Crippen LogP contribution in [0.25, 0.3) is 16.8 Å². The normalized spacial score (nSPS) is 18.4. The number of benzene rings is 1. The van der Waals surface area contributed by atoms with Gasteiger partial charge in [-0.05, 0) is 24.6 Å². The van der Waals surface area contributed by atoms with E-state index in [1.54, 1.807) is 0 Å². The molecular weight excluding hydrogens is 610 g/mol. The highest BCUT2D eigenvalue weighted by Gasteiger charge is 2.71. The van der Waals surface area contributed by atoms with E-state index in [1.165, 1.54) is 19.1 Å². The van der Waals surface area contributed by atoms with Gasteiger partial charge >= 0.3 is 18.5 Å². The van der Waals surface area contributed by atoms with Gasteiger partial charge in [0.1, 0.15) is 18.0 Å². The Morgan fingerprint density at radius 1 is 1.05 bits per heavy atom. The molecule has 43 heavy (non-hydrogen) atoms. The molecule has 0 radical (unpaired) electrons. The molecule has 0 aliphatic carbocycles. The molecule has 2 atom stereocenters. The number of nitrogens with zero attached hydrogens (tertiary/aromatic N) is 4. The molecule has 1 aliphatic rings. The highest BCUT2D eigenvalue weighted by Crippen LogP contribution is 2.45. The zero-order valence-electron chi connectivity index (χ0n) is 21.6.